The van der Waals surface area contributed by atoms with Crippen LogP contribution in [0.5, 0.6) is 0 Å². The van der Waals surface area contributed by atoms with Crippen LogP contribution in [0.4, 0.5) is 0 Å². The average molecular weight is 1010 g/mol. The number of cyclic esters (lactones) is 1. The fourth-order valence-corrected chi connectivity index (χ4v) is 9.42. The van der Waals surface area contributed by atoms with Gasteiger partial charge in [0.05, 0.1) is 18.8 Å². The first-order valence-electron chi connectivity index (χ1n) is 25.2. The molecule has 0 radical (unpaired) electrons. The number of aryl methyl sites for hydroxylation is 1. The lowest BCUT2D eigenvalue weighted by molar-refractivity contribution is -0.159. The van der Waals surface area contributed by atoms with Gasteiger partial charge < -0.3 is 50.6 Å². The van der Waals surface area contributed by atoms with E-state index < -0.39 is 126 Å². The zero-order valence-electron chi connectivity index (χ0n) is 43.1. The third-order valence-electron chi connectivity index (χ3n) is 14.3. The molecule has 2 aliphatic heterocycles. The monoisotopic (exact) mass is 1010 g/mol. The van der Waals surface area contributed by atoms with Crippen molar-refractivity contribution in [3.63, 3.8) is 0 Å². The number of nitrogens with zero attached hydrogens (tertiary/aromatic N) is 4. The summed E-state index contributed by atoms with van der Waals surface area (Å²) in [5.74, 6) is -10.7. The zero-order valence-corrected chi connectivity index (χ0v) is 43.1. The number of ether oxygens (including phenoxy) is 1. The summed E-state index contributed by atoms with van der Waals surface area (Å²) < 4.78 is 12.1. The van der Waals surface area contributed by atoms with E-state index in [0.717, 1.165) is 10.5 Å². The molecule has 73 heavy (non-hydrogen) atoms. The fraction of sp³-hybridized carbons (Fsp3) is 0.547. The Bertz CT molecular complexity index is 2430. The molecule has 0 aliphatic carbocycles. The van der Waals surface area contributed by atoms with Gasteiger partial charge in [-0.1, -0.05) is 108 Å². The van der Waals surface area contributed by atoms with Gasteiger partial charge in [0.1, 0.15) is 48.2 Å². The van der Waals surface area contributed by atoms with Crippen molar-refractivity contribution in [2.24, 2.45) is 23.5 Å². The van der Waals surface area contributed by atoms with Crippen molar-refractivity contribution in [1.29, 1.82) is 0 Å². The van der Waals surface area contributed by atoms with E-state index in [9.17, 15) is 48.3 Å². The van der Waals surface area contributed by atoms with Crippen LogP contribution in [0.15, 0.2) is 71.3 Å². The third-order valence-corrected chi connectivity index (χ3v) is 14.3. The number of carbonyl (C=O) groups excluding carboxylic acids is 8. The first-order chi connectivity index (χ1) is 34.7. The number of rotatable bonds is 14. The van der Waals surface area contributed by atoms with Gasteiger partial charge in [0, 0.05) is 33.0 Å². The Kier molecular flexibility index (Phi) is 20.2. The number of carboxylic acids is 1. The van der Waals surface area contributed by atoms with Crippen LogP contribution in [0, 0.1) is 17.8 Å². The number of hydrogen-bond donors (Lipinski definition) is 5. The summed E-state index contributed by atoms with van der Waals surface area (Å²) in [7, 11) is 2.72. The molecule has 2 aliphatic rings. The average Bonchev–Trinajstić information content (AvgIpc) is 4.08. The Morgan fingerprint density at radius 2 is 1.40 bits per heavy atom. The molecule has 0 spiro atoms. The van der Waals surface area contributed by atoms with E-state index in [-0.39, 0.29) is 36.9 Å². The summed E-state index contributed by atoms with van der Waals surface area (Å²) in [4.78, 5) is 135. The second-order valence-electron chi connectivity index (χ2n) is 19.6. The Balaban J connectivity index is 1.61. The normalized spacial score (nSPS) is 25.7. The number of aromatic nitrogens is 1. The SMILES string of the molecule is CCC(C)C1C(=O)N(C)C(C(C)CC)C(=O)NC(CC(N)=O)C(=O)N2CCCC2C(=O)NC(Cc2ccccc2)C(=O)OC(c2coc(C(C)CCc3ccccc3)n2)C(C)C(=O)NC(C(=O)O)CC(=O)N1C. The molecule has 0 saturated carbocycles. The maximum atomic E-state index is 14.7. The van der Waals surface area contributed by atoms with E-state index in [2.05, 4.69) is 20.9 Å². The van der Waals surface area contributed by atoms with Gasteiger partial charge >= 0.3 is 11.9 Å². The highest BCUT2D eigenvalue weighted by molar-refractivity contribution is 5.98. The molecule has 2 saturated heterocycles. The van der Waals surface area contributed by atoms with Gasteiger partial charge in [0.25, 0.3) is 0 Å². The number of carbonyl (C=O) groups is 9. The Morgan fingerprint density at radius 3 is 2.00 bits per heavy atom. The Hall–Kier alpha value is -7.12. The van der Waals surface area contributed by atoms with Crippen molar-refractivity contribution in [2.75, 3.05) is 20.6 Å². The van der Waals surface area contributed by atoms with Crippen molar-refractivity contribution in [3.8, 4) is 0 Å². The molecule has 7 amide bonds. The lowest BCUT2D eigenvalue weighted by atomic mass is 9.92. The molecular weight excluding hydrogens is 941 g/mol. The molecular formula is C53H72N8O12. The summed E-state index contributed by atoms with van der Waals surface area (Å²) in [5.41, 5.74) is 7.36. The van der Waals surface area contributed by atoms with Crippen molar-refractivity contribution >= 4 is 53.3 Å². The number of likely N-dealkylation sites (N-methyl/N-ethyl adjacent to an activating group) is 2. The van der Waals surface area contributed by atoms with Crippen LogP contribution in [0.25, 0.3) is 0 Å². The third kappa shape index (κ3) is 14.5. The largest absolute Gasteiger partial charge is 0.480 e. The number of aliphatic carboxylic acids is 1. The van der Waals surface area contributed by atoms with E-state index >= 15 is 0 Å². The van der Waals surface area contributed by atoms with Crippen LogP contribution >= 0.6 is 0 Å². The molecule has 1 aromatic heterocycles. The van der Waals surface area contributed by atoms with Gasteiger partial charge in [0.15, 0.2) is 12.0 Å². The van der Waals surface area contributed by atoms with Gasteiger partial charge in [-0.2, -0.15) is 0 Å². The van der Waals surface area contributed by atoms with Gasteiger partial charge in [-0.25, -0.2) is 14.6 Å². The zero-order chi connectivity index (χ0) is 53.7. The fourth-order valence-electron chi connectivity index (χ4n) is 9.42. The van der Waals surface area contributed by atoms with Gasteiger partial charge in [-0.05, 0) is 55.6 Å². The maximum Gasteiger partial charge on any atom is 0.329 e. The molecule has 6 N–H and O–H groups in total. The summed E-state index contributed by atoms with van der Waals surface area (Å²) in [6.07, 6.45) is 0.683. The number of oxazole rings is 1. The van der Waals surface area contributed by atoms with E-state index in [1.807, 2.05) is 37.3 Å². The van der Waals surface area contributed by atoms with Crippen LogP contribution in [-0.2, 0) is 60.7 Å². The van der Waals surface area contributed by atoms with E-state index in [1.165, 1.54) is 37.1 Å². The molecule has 0 bridgehead atoms. The molecule has 5 rings (SSSR count). The maximum absolute atomic E-state index is 14.7. The van der Waals surface area contributed by atoms with Crippen LogP contribution in [0.3, 0.4) is 0 Å². The molecule has 2 fully saturated rings. The number of nitrogens with two attached hydrogens (primary N) is 1. The minimum atomic E-state index is -1.84. The number of fused-ring (bicyclic) bond motifs is 1. The standard InChI is InChI=1S/C53H72N8O12/c1-9-30(3)43-48(66)55-36(27-41(54)62)50(67)61-25-17-22-40(61)47(65)57-38(26-35-20-15-12-16-21-35)53(71)73-45(39-29-72-49(58-39)32(5)23-24-34-18-13-11-14-19-34)33(6)46(64)56-37(52(69)70)28-42(63)59(7)44(31(4)10-2)51(68)60(43)8/h11-16,18-21,29-33,36-38,40,43-45H,9-10,17,22-28H2,1-8H3,(H2,54,62)(H,55,66)(H,56,64)(H,57,65)(H,69,70). The summed E-state index contributed by atoms with van der Waals surface area (Å²) in [6, 6.07) is 9.97. The molecule has 20 heteroatoms. The van der Waals surface area contributed by atoms with Crippen molar-refractivity contribution in [3.05, 3.63) is 89.6 Å². The molecule has 396 valence electrons. The number of carboxylic acid groups (broad SMARTS) is 1. The predicted molar refractivity (Wildman–Crippen MR) is 266 cm³/mol. The quantitative estimate of drug-likeness (QED) is 0.145. The van der Waals surface area contributed by atoms with Crippen molar-refractivity contribution in [1.82, 2.24) is 35.6 Å². The molecule has 20 nitrogen and oxygen atoms in total. The number of amides is 7. The number of benzene rings is 2. The van der Waals surface area contributed by atoms with Crippen LogP contribution < -0.4 is 21.7 Å². The highest BCUT2D eigenvalue weighted by atomic mass is 16.5. The molecule has 2 aromatic carbocycles. The minimum absolute atomic E-state index is 0.0142. The molecule has 3 heterocycles. The minimum Gasteiger partial charge on any atom is -0.480 e. The first kappa shape index (κ1) is 56.8. The lowest BCUT2D eigenvalue weighted by Gasteiger charge is -2.39. The Morgan fingerprint density at radius 1 is 0.795 bits per heavy atom. The topological polar surface area (TPSA) is 281 Å². The van der Waals surface area contributed by atoms with Gasteiger partial charge in [0.2, 0.25) is 41.4 Å². The Labute approximate surface area is 426 Å². The van der Waals surface area contributed by atoms with E-state index in [1.54, 1.807) is 58.0 Å². The van der Waals surface area contributed by atoms with Crippen LogP contribution in [-0.4, -0.2) is 135 Å². The van der Waals surface area contributed by atoms with Crippen LogP contribution in [0.2, 0.25) is 0 Å². The summed E-state index contributed by atoms with van der Waals surface area (Å²) in [6.45, 7) is 10.4. The molecule has 11 atom stereocenters. The van der Waals surface area contributed by atoms with Gasteiger partial charge in [-0.15, -0.1) is 0 Å². The second kappa shape index (κ2) is 26.0. The van der Waals surface area contributed by atoms with E-state index in [0.29, 0.717) is 37.7 Å². The van der Waals surface area contributed by atoms with Crippen LogP contribution in [0.1, 0.15) is 121 Å². The summed E-state index contributed by atoms with van der Waals surface area (Å²) >= 11 is 0. The number of esters is 1. The molecule has 3 aromatic rings. The number of primary amides is 1. The number of nitrogens with one attached hydrogen (secondary N) is 3. The van der Waals surface area contributed by atoms with Crippen molar-refractivity contribution < 1.29 is 57.4 Å². The number of hydrogen-bond acceptors (Lipinski definition) is 12. The molecule has 11 unspecified atom stereocenters. The highest BCUT2D eigenvalue weighted by Gasteiger charge is 2.44. The van der Waals surface area contributed by atoms with E-state index in [4.69, 9.17) is 14.9 Å². The highest BCUT2D eigenvalue weighted by Crippen LogP contribution is 2.31. The van der Waals surface area contributed by atoms with Crippen molar-refractivity contribution in [2.45, 2.75) is 148 Å². The summed E-state index contributed by atoms with van der Waals surface area (Å²) in [5, 5.41) is 18.3. The lowest BCUT2D eigenvalue weighted by Crippen LogP contribution is -2.61. The van der Waals surface area contributed by atoms with Gasteiger partial charge in [-0.3, -0.25) is 33.6 Å². The second-order valence-corrected chi connectivity index (χ2v) is 19.6. The first-order valence-corrected chi connectivity index (χ1v) is 25.2. The predicted octanol–water partition coefficient (Wildman–Crippen LogP) is 3.43. The smallest absolute Gasteiger partial charge is 0.329 e.